The monoisotopic (exact) mass is 282 g/mol. The zero-order valence-corrected chi connectivity index (χ0v) is 13.0. The Morgan fingerprint density at radius 2 is 2.16 bits per heavy atom. The van der Waals surface area contributed by atoms with Gasteiger partial charge < -0.3 is 9.47 Å². The van der Waals surface area contributed by atoms with Gasteiger partial charge in [0.2, 0.25) is 0 Å². The van der Waals surface area contributed by atoms with Crippen LogP contribution in [-0.4, -0.2) is 24.4 Å². The summed E-state index contributed by atoms with van der Waals surface area (Å²) >= 11 is 5.86. The molecule has 1 heterocycles. The van der Waals surface area contributed by atoms with Gasteiger partial charge in [-0.05, 0) is 25.8 Å². The largest absolute Gasteiger partial charge is 0.347 e. The highest BCUT2D eigenvalue weighted by molar-refractivity contribution is 6.18. The number of rotatable bonds is 4. The fraction of sp³-hybridized carbons (Fsp3) is 0.625. The summed E-state index contributed by atoms with van der Waals surface area (Å²) in [4.78, 5) is 0. The fourth-order valence-corrected chi connectivity index (χ4v) is 2.71. The van der Waals surface area contributed by atoms with Crippen molar-refractivity contribution in [1.82, 2.24) is 0 Å². The molecule has 2 nitrogen and oxygen atoms in total. The van der Waals surface area contributed by atoms with E-state index in [9.17, 15) is 0 Å². The molecule has 19 heavy (non-hydrogen) atoms. The van der Waals surface area contributed by atoms with Gasteiger partial charge in [0.1, 0.15) is 0 Å². The van der Waals surface area contributed by atoms with Crippen molar-refractivity contribution in [2.45, 2.75) is 46.0 Å². The Balaban J connectivity index is 2.14. The molecule has 2 unspecified atom stereocenters. The van der Waals surface area contributed by atoms with Crippen LogP contribution in [0.3, 0.4) is 0 Å². The molecule has 0 bridgehead atoms. The second-order valence-corrected chi connectivity index (χ2v) is 6.51. The van der Waals surface area contributed by atoms with Gasteiger partial charge in [-0.15, -0.1) is 11.6 Å². The summed E-state index contributed by atoms with van der Waals surface area (Å²) in [6.07, 6.45) is 0.920. The van der Waals surface area contributed by atoms with Crippen molar-refractivity contribution in [1.29, 1.82) is 0 Å². The molecule has 0 radical (unpaired) electrons. The van der Waals surface area contributed by atoms with Gasteiger partial charge in [-0.3, -0.25) is 0 Å². The van der Waals surface area contributed by atoms with Crippen molar-refractivity contribution in [3.8, 4) is 0 Å². The van der Waals surface area contributed by atoms with E-state index < -0.39 is 5.79 Å². The molecule has 0 aromatic heterocycles. The van der Waals surface area contributed by atoms with Crippen LogP contribution in [0.1, 0.15) is 31.9 Å². The van der Waals surface area contributed by atoms with E-state index in [4.69, 9.17) is 21.1 Å². The fourth-order valence-electron chi connectivity index (χ4n) is 2.56. The average molecular weight is 283 g/mol. The van der Waals surface area contributed by atoms with Crippen LogP contribution in [0.2, 0.25) is 0 Å². The number of hydrogen-bond acceptors (Lipinski definition) is 2. The first kappa shape index (κ1) is 14.8. The average Bonchev–Trinajstić information content (AvgIpc) is 2.72. The molecule has 106 valence electrons. The third-order valence-electron chi connectivity index (χ3n) is 4.07. The third kappa shape index (κ3) is 3.13. The van der Waals surface area contributed by atoms with Gasteiger partial charge in [-0.2, -0.15) is 0 Å². The molecule has 0 aliphatic carbocycles. The second-order valence-electron chi connectivity index (χ2n) is 6.20. The molecular formula is C16H23ClO2. The topological polar surface area (TPSA) is 18.5 Å². The highest BCUT2D eigenvalue weighted by atomic mass is 35.5. The molecule has 1 aromatic rings. The molecular weight excluding hydrogens is 260 g/mol. The lowest BCUT2D eigenvalue weighted by atomic mass is 9.78. The quantitative estimate of drug-likeness (QED) is 0.779. The summed E-state index contributed by atoms with van der Waals surface area (Å²) in [6, 6.07) is 8.59. The Morgan fingerprint density at radius 1 is 1.42 bits per heavy atom. The van der Waals surface area contributed by atoms with E-state index in [1.807, 2.05) is 6.92 Å². The Bertz CT molecular complexity index is 444. The van der Waals surface area contributed by atoms with Crippen LogP contribution in [0.15, 0.2) is 24.3 Å². The van der Waals surface area contributed by atoms with Crippen molar-refractivity contribution < 1.29 is 9.47 Å². The molecule has 1 aromatic carbocycles. The van der Waals surface area contributed by atoms with Gasteiger partial charge in [0.15, 0.2) is 5.79 Å². The molecule has 0 saturated carbocycles. The van der Waals surface area contributed by atoms with Gasteiger partial charge in [0, 0.05) is 5.41 Å². The molecule has 1 aliphatic heterocycles. The zero-order valence-electron chi connectivity index (χ0n) is 12.2. The SMILES string of the molecule is Cc1cccc(CC(C)(C)C2(C)OCC(CCl)O2)c1. The van der Waals surface area contributed by atoms with Gasteiger partial charge in [-0.1, -0.05) is 43.7 Å². The molecule has 1 aliphatic rings. The van der Waals surface area contributed by atoms with Gasteiger partial charge in [0.25, 0.3) is 0 Å². The molecule has 0 spiro atoms. The van der Waals surface area contributed by atoms with Crippen molar-refractivity contribution in [2.24, 2.45) is 5.41 Å². The first-order chi connectivity index (χ1) is 8.86. The minimum absolute atomic E-state index is 0.00320. The number of halogens is 1. The predicted octanol–water partition coefficient (Wildman–Crippen LogP) is 3.93. The highest BCUT2D eigenvalue weighted by Gasteiger charge is 2.48. The molecule has 2 rings (SSSR count). The summed E-state index contributed by atoms with van der Waals surface area (Å²) in [6.45, 7) is 9.09. The van der Waals surface area contributed by atoms with E-state index in [1.165, 1.54) is 11.1 Å². The lowest BCUT2D eigenvalue weighted by Crippen LogP contribution is -2.45. The Hall–Kier alpha value is -0.570. The Morgan fingerprint density at radius 3 is 2.74 bits per heavy atom. The standard InChI is InChI=1S/C16H23ClO2/c1-12-6-5-7-13(8-12)9-15(2,3)16(4)18-11-14(10-17)19-16/h5-8,14H,9-11H2,1-4H3. The number of alkyl halides is 1. The molecule has 2 atom stereocenters. The van der Waals surface area contributed by atoms with Crippen LogP contribution in [0.25, 0.3) is 0 Å². The minimum Gasteiger partial charge on any atom is -0.347 e. The summed E-state index contributed by atoms with van der Waals surface area (Å²) in [5, 5.41) is 0. The van der Waals surface area contributed by atoms with E-state index in [2.05, 4.69) is 45.0 Å². The first-order valence-electron chi connectivity index (χ1n) is 6.79. The number of aryl methyl sites for hydroxylation is 1. The highest BCUT2D eigenvalue weighted by Crippen LogP contribution is 2.42. The smallest absolute Gasteiger partial charge is 0.171 e. The maximum atomic E-state index is 6.01. The van der Waals surface area contributed by atoms with Crippen LogP contribution in [0.4, 0.5) is 0 Å². The van der Waals surface area contributed by atoms with Crippen molar-refractivity contribution in [3.05, 3.63) is 35.4 Å². The van der Waals surface area contributed by atoms with Crippen molar-refractivity contribution in [2.75, 3.05) is 12.5 Å². The molecule has 0 amide bonds. The van der Waals surface area contributed by atoms with Crippen LogP contribution < -0.4 is 0 Å². The lowest BCUT2D eigenvalue weighted by Gasteiger charge is -2.40. The summed E-state index contributed by atoms with van der Waals surface area (Å²) in [5.41, 5.74) is 2.49. The van der Waals surface area contributed by atoms with Gasteiger partial charge in [0.05, 0.1) is 18.6 Å². The molecule has 1 saturated heterocycles. The summed E-state index contributed by atoms with van der Waals surface area (Å²) in [5.74, 6) is -0.0909. The Labute approximate surface area is 121 Å². The van der Waals surface area contributed by atoms with E-state index in [-0.39, 0.29) is 11.5 Å². The van der Waals surface area contributed by atoms with Crippen molar-refractivity contribution >= 4 is 11.6 Å². The normalized spacial score (nSPS) is 27.7. The summed E-state index contributed by atoms with van der Waals surface area (Å²) in [7, 11) is 0. The first-order valence-corrected chi connectivity index (χ1v) is 7.33. The lowest BCUT2D eigenvalue weighted by molar-refractivity contribution is -0.221. The number of hydrogen-bond donors (Lipinski definition) is 0. The molecule has 0 N–H and O–H groups in total. The predicted molar refractivity (Wildman–Crippen MR) is 78.6 cm³/mol. The number of benzene rings is 1. The minimum atomic E-state index is -0.573. The van der Waals surface area contributed by atoms with E-state index >= 15 is 0 Å². The summed E-state index contributed by atoms with van der Waals surface area (Å²) < 4.78 is 11.9. The van der Waals surface area contributed by atoms with Crippen LogP contribution in [-0.2, 0) is 15.9 Å². The van der Waals surface area contributed by atoms with Crippen LogP contribution >= 0.6 is 11.6 Å². The van der Waals surface area contributed by atoms with E-state index in [1.54, 1.807) is 0 Å². The van der Waals surface area contributed by atoms with Crippen molar-refractivity contribution in [3.63, 3.8) is 0 Å². The van der Waals surface area contributed by atoms with E-state index in [0.29, 0.717) is 12.5 Å². The zero-order chi connectivity index (χ0) is 14.1. The molecule has 1 fully saturated rings. The maximum Gasteiger partial charge on any atom is 0.171 e. The van der Waals surface area contributed by atoms with Crippen LogP contribution in [0.5, 0.6) is 0 Å². The van der Waals surface area contributed by atoms with Crippen LogP contribution in [0, 0.1) is 12.3 Å². The molecule has 3 heteroatoms. The van der Waals surface area contributed by atoms with Gasteiger partial charge >= 0.3 is 0 Å². The van der Waals surface area contributed by atoms with Gasteiger partial charge in [-0.25, -0.2) is 0 Å². The second kappa shape index (κ2) is 5.43. The maximum absolute atomic E-state index is 6.01. The number of ether oxygens (including phenoxy) is 2. The third-order valence-corrected chi connectivity index (χ3v) is 4.41. The van der Waals surface area contributed by atoms with E-state index in [0.717, 1.165) is 6.42 Å². The Kier molecular flexibility index (Phi) is 4.24.